The Labute approximate surface area is 199 Å². The molecule has 0 unspecified atom stereocenters. The Morgan fingerprint density at radius 3 is 1.72 bits per heavy atom. The van der Waals surface area contributed by atoms with Gasteiger partial charge in [0, 0.05) is 36.9 Å². The maximum absolute atomic E-state index is 10.9. The van der Waals surface area contributed by atoms with Crippen LogP contribution in [0.2, 0.25) is 0 Å². The molecule has 0 bridgehead atoms. The van der Waals surface area contributed by atoms with Crippen molar-refractivity contribution in [2.45, 2.75) is 0 Å². The van der Waals surface area contributed by atoms with Crippen molar-refractivity contribution < 1.29 is 30.3 Å². The van der Waals surface area contributed by atoms with E-state index in [2.05, 4.69) is 30.2 Å². The molecule has 8 nitrogen and oxygen atoms in total. The van der Waals surface area contributed by atoms with E-state index >= 15 is 0 Å². The van der Waals surface area contributed by atoms with Gasteiger partial charge in [-0.3, -0.25) is 0 Å². The molecule has 36 heavy (non-hydrogen) atoms. The zero-order valence-corrected chi connectivity index (χ0v) is 19.6. The van der Waals surface area contributed by atoms with E-state index in [1.165, 1.54) is 0 Å². The molecule has 0 aliphatic rings. The quantitative estimate of drug-likeness (QED) is 0.254. The Morgan fingerprint density at radius 1 is 0.667 bits per heavy atom. The van der Waals surface area contributed by atoms with Crippen LogP contribution in [0.15, 0.2) is 85.5 Å². The van der Waals surface area contributed by atoms with Gasteiger partial charge in [0.05, 0.1) is 0 Å². The maximum Gasteiger partial charge on any atom is 0.293 e. The van der Waals surface area contributed by atoms with Crippen LogP contribution in [0, 0.1) is 0 Å². The average Bonchev–Trinajstić information content (AvgIpc) is 3.25. The van der Waals surface area contributed by atoms with E-state index in [0.29, 0.717) is 27.5 Å². The molecule has 0 saturated carbocycles. The van der Waals surface area contributed by atoms with E-state index in [9.17, 15) is 30.3 Å². The number of fused-ring (bicyclic) bond motifs is 1. The molecule has 0 aromatic carbocycles. The second-order valence-corrected chi connectivity index (χ2v) is 12.0. The molecule has 0 radical (unpaired) electrons. The molecule has 1 N–H and O–H groups in total. The summed E-state index contributed by atoms with van der Waals surface area (Å²) in [5.74, 6) is 0.0386. The molecule has 5 rings (SSSR count). The third-order valence-corrected chi connectivity index (χ3v) is 8.16. The van der Waals surface area contributed by atoms with Crippen molar-refractivity contribution in [3.63, 3.8) is 0 Å². The van der Waals surface area contributed by atoms with Crippen LogP contribution in [0.4, 0.5) is 25.2 Å². The summed E-state index contributed by atoms with van der Waals surface area (Å²) in [6, 6.07) is 18.2. The van der Waals surface area contributed by atoms with Gasteiger partial charge in [-0.1, -0.05) is 16.6 Å². The molecule has 0 amide bonds. The molecule has 0 fully saturated rings. The fourth-order valence-electron chi connectivity index (χ4n) is 3.30. The smallest absolute Gasteiger partial charge is 0.293 e. The number of aromatic hydroxyl groups is 1. The van der Waals surface area contributed by atoms with Gasteiger partial charge in [0.25, 0.3) is 12.8 Å². The van der Waals surface area contributed by atoms with Crippen molar-refractivity contribution >= 4 is 42.7 Å². The molecule has 0 saturated heterocycles. The fourth-order valence-corrected chi connectivity index (χ4v) is 6.85. The first-order chi connectivity index (χ1) is 16.8. The first-order valence-corrected chi connectivity index (χ1v) is 13.6. The minimum absolute atomic E-state index is 0.0386. The first kappa shape index (κ1) is 25.3. The van der Waals surface area contributed by atoms with Crippen molar-refractivity contribution in [1.29, 1.82) is 0 Å². The normalized spacial score (nSPS) is 13.8. The van der Waals surface area contributed by atoms with Gasteiger partial charge in [-0.05, 0) is 41.6 Å². The summed E-state index contributed by atoms with van der Waals surface area (Å²) >= 11 is 0. The molecule has 0 aliphatic carbocycles. The Bertz CT molecular complexity index is 1450. The molecule has 0 atom stereocenters. The summed E-state index contributed by atoms with van der Waals surface area (Å²) in [6.07, 6.45) is 6.74. The Morgan fingerprint density at radius 2 is 1.19 bits per heavy atom. The van der Waals surface area contributed by atoms with Gasteiger partial charge < -0.3 is 5.11 Å². The maximum atomic E-state index is 10.9. The zero-order chi connectivity index (χ0) is 26.1. The van der Waals surface area contributed by atoms with Crippen LogP contribution in [0.3, 0.4) is 0 Å². The molecule has 188 valence electrons. The van der Waals surface area contributed by atoms with Crippen molar-refractivity contribution in [1.82, 2.24) is 34.7 Å². The Hall–Kier alpha value is -3.76. The minimum Gasteiger partial charge on any atom is -0.503 e. The minimum atomic E-state index is -10.7. The number of hydrogen-bond acceptors (Lipinski definition) is 7. The molecule has 0 spiro atoms. The van der Waals surface area contributed by atoms with Crippen molar-refractivity contribution in [3.05, 3.63) is 85.5 Å². The van der Waals surface area contributed by atoms with E-state index in [0.717, 1.165) is 0 Å². The average molecular weight is 545 g/mol. The third-order valence-electron chi connectivity index (χ3n) is 4.51. The summed E-state index contributed by atoms with van der Waals surface area (Å²) in [4.78, 5) is 18.4. The van der Waals surface area contributed by atoms with Gasteiger partial charge >= 0.3 is 33.0 Å². The number of hydrogen-bond donors (Lipinski definition) is 1. The van der Waals surface area contributed by atoms with Gasteiger partial charge in [-0.25, -0.2) is 19.9 Å². The molecule has 16 heteroatoms. The Kier molecular flexibility index (Phi) is 5.93. The number of aromatic nitrogens is 7. The van der Waals surface area contributed by atoms with Crippen molar-refractivity contribution in [2.75, 3.05) is 0 Å². The van der Waals surface area contributed by atoms with E-state index < -0.39 is 15.2 Å². The topological polar surface area (TPSA) is 102 Å². The van der Waals surface area contributed by atoms with Gasteiger partial charge in [-0.15, -0.1) is 5.10 Å². The van der Waals surface area contributed by atoms with Crippen LogP contribution in [0.25, 0.3) is 11.2 Å². The number of pyridine rings is 4. The second-order valence-electron chi connectivity index (χ2n) is 7.14. The largest absolute Gasteiger partial charge is 0.503 e. The molecular formula is C20H15F6N7OP2. The molecule has 5 aromatic heterocycles. The van der Waals surface area contributed by atoms with Gasteiger partial charge in [0.2, 0.25) is 16.5 Å². The standard InChI is InChI=1S/C20H14N7OP.F6P/c28-16-8-6-14-24-20(16)29(17-9-1-3-11-21-17,18-10-2-4-12-22-18)27-19-15(25-26-27)7-5-13-23-19;1-7(2,3,4,5)6/h1-14H;/q;-1/p+1. The van der Waals surface area contributed by atoms with Crippen LogP contribution >= 0.6 is 15.2 Å². The number of rotatable bonds is 4. The van der Waals surface area contributed by atoms with E-state index in [1.54, 1.807) is 47.4 Å². The molecule has 5 heterocycles. The molecule has 0 aliphatic heterocycles. The van der Waals surface area contributed by atoms with E-state index in [4.69, 9.17) is 0 Å². The summed E-state index contributed by atoms with van der Waals surface area (Å²) in [6.45, 7) is 0. The SMILES string of the molecule is F[P-](F)(F)(F)(F)F.Oc1cccnc1[P+](c1ccccn1)(c1ccccn1)n1nnc2cccnc21. The predicted octanol–water partition coefficient (Wildman–Crippen LogP) is 4.86. The van der Waals surface area contributed by atoms with Crippen molar-refractivity contribution in [2.24, 2.45) is 0 Å². The van der Waals surface area contributed by atoms with Gasteiger partial charge in [0.1, 0.15) is 5.52 Å². The van der Waals surface area contributed by atoms with Gasteiger partial charge in [-0.2, -0.15) is 0 Å². The summed E-state index contributed by atoms with van der Waals surface area (Å²) in [5, 5.41) is 19.6. The Balaban J connectivity index is 0.000000384. The van der Waals surface area contributed by atoms with Crippen LogP contribution in [-0.4, -0.2) is 39.8 Å². The first-order valence-electron chi connectivity index (χ1n) is 9.87. The summed E-state index contributed by atoms with van der Waals surface area (Å²) in [7, 11) is -13.6. The fraction of sp³-hybridized carbons (Fsp3) is 0. The third kappa shape index (κ3) is 5.72. The van der Waals surface area contributed by atoms with E-state index in [-0.39, 0.29) is 5.75 Å². The van der Waals surface area contributed by atoms with Crippen LogP contribution in [0.5, 0.6) is 5.75 Å². The second kappa shape index (κ2) is 8.42. The summed E-state index contributed by atoms with van der Waals surface area (Å²) in [5.41, 5.74) is 3.02. The van der Waals surface area contributed by atoms with Gasteiger partial charge in [0.15, 0.2) is 5.75 Å². The zero-order valence-electron chi connectivity index (χ0n) is 17.8. The van der Waals surface area contributed by atoms with Crippen molar-refractivity contribution in [3.8, 4) is 5.75 Å². The predicted molar refractivity (Wildman–Crippen MR) is 124 cm³/mol. The van der Waals surface area contributed by atoms with Crippen LogP contribution in [-0.2, 0) is 0 Å². The molecular weight excluding hydrogens is 530 g/mol. The number of nitrogens with zero attached hydrogens (tertiary/aromatic N) is 7. The van der Waals surface area contributed by atoms with E-state index in [1.807, 2.05) is 42.5 Å². The van der Waals surface area contributed by atoms with Crippen LogP contribution < -0.4 is 16.3 Å². The summed E-state index contributed by atoms with van der Waals surface area (Å²) < 4.78 is 60.9. The monoisotopic (exact) mass is 545 g/mol. The molecule has 5 aromatic rings. The number of halogens is 6. The van der Waals surface area contributed by atoms with Crippen LogP contribution in [0.1, 0.15) is 0 Å².